The summed E-state index contributed by atoms with van der Waals surface area (Å²) in [5, 5.41) is 11.3. The van der Waals surface area contributed by atoms with E-state index in [0.29, 0.717) is 10.9 Å². The maximum absolute atomic E-state index is 13.3. The van der Waals surface area contributed by atoms with Gasteiger partial charge in [0.05, 0.1) is 5.56 Å². The molecule has 0 fully saturated rings. The van der Waals surface area contributed by atoms with Crippen molar-refractivity contribution < 1.29 is 14.3 Å². The van der Waals surface area contributed by atoms with Crippen LogP contribution in [0.1, 0.15) is 23.7 Å². The monoisotopic (exact) mass is 289 g/mol. The molecule has 1 atom stereocenters. The fourth-order valence-corrected chi connectivity index (χ4v) is 1.60. The number of rotatable bonds is 4. The Balaban J connectivity index is 2.76. The van der Waals surface area contributed by atoms with Crippen LogP contribution in [-0.2, 0) is 0 Å². The molecule has 3 nitrogen and oxygen atoms in total. The first-order chi connectivity index (χ1) is 7.54. The van der Waals surface area contributed by atoms with Crippen molar-refractivity contribution in [2.45, 2.75) is 19.4 Å². The first-order valence-electron chi connectivity index (χ1n) is 4.91. The van der Waals surface area contributed by atoms with Crippen molar-refractivity contribution in [1.29, 1.82) is 0 Å². The molecule has 0 saturated heterocycles. The Labute approximate surface area is 102 Å². The number of aliphatic hydroxyl groups is 1. The summed E-state index contributed by atoms with van der Waals surface area (Å²) >= 11 is 3.17. The topological polar surface area (TPSA) is 49.3 Å². The van der Waals surface area contributed by atoms with Crippen LogP contribution >= 0.6 is 15.9 Å². The molecule has 0 aliphatic rings. The maximum Gasteiger partial charge on any atom is 0.254 e. The van der Waals surface area contributed by atoms with Gasteiger partial charge in [-0.1, -0.05) is 15.9 Å². The first-order valence-corrected chi connectivity index (χ1v) is 5.70. The van der Waals surface area contributed by atoms with Crippen LogP contribution in [0.5, 0.6) is 0 Å². The van der Waals surface area contributed by atoms with E-state index in [9.17, 15) is 9.18 Å². The molecule has 88 valence electrons. The molecule has 1 aromatic rings. The molecule has 1 aromatic carbocycles. The molecule has 5 heteroatoms. The number of carbonyl (C=O) groups is 1. The number of amides is 1. The van der Waals surface area contributed by atoms with Crippen molar-refractivity contribution in [1.82, 2.24) is 5.32 Å². The SMILES string of the molecule is C[C@H](CCO)NC(=O)c1cc(Br)ccc1F. The predicted molar refractivity (Wildman–Crippen MR) is 62.7 cm³/mol. The van der Waals surface area contributed by atoms with E-state index in [1.165, 1.54) is 18.2 Å². The van der Waals surface area contributed by atoms with Gasteiger partial charge in [-0.3, -0.25) is 4.79 Å². The van der Waals surface area contributed by atoms with Crippen LogP contribution in [0.15, 0.2) is 22.7 Å². The molecule has 0 saturated carbocycles. The Hall–Kier alpha value is -0.940. The van der Waals surface area contributed by atoms with Crippen molar-refractivity contribution >= 4 is 21.8 Å². The van der Waals surface area contributed by atoms with Crippen LogP contribution in [0.3, 0.4) is 0 Å². The maximum atomic E-state index is 13.3. The highest BCUT2D eigenvalue weighted by atomic mass is 79.9. The zero-order valence-electron chi connectivity index (χ0n) is 8.84. The Kier molecular flexibility index (Phi) is 4.89. The lowest BCUT2D eigenvalue weighted by atomic mass is 10.1. The van der Waals surface area contributed by atoms with Crippen LogP contribution in [0.25, 0.3) is 0 Å². The molecule has 0 unspecified atom stereocenters. The molecule has 0 aromatic heterocycles. The Morgan fingerprint density at radius 1 is 1.62 bits per heavy atom. The lowest BCUT2D eigenvalue weighted by Crippen LogP contribution is -2.33. The van der Waals surface area contributed by atoms with Gasteiger partial charge in [0, 0.05) is 17.1 Å². The van der Waals surface area contributed by atoms with Gasteiger partial charge < -0.3 is 10.4 Å². The molecular formula is C11H13BrFNO2. The second kappa shape index (κ2) is 5.96. The number of benzene rings is 1. The summed E-state index contributed by atoms with van der Waals surface area (Å²) in [5.74, 6) is -1.03. The summed E-state index contributed by atoms with van der Waals surface area (Å²) in [6, 6.07) is 4.01. The molecule has 1 amide bonds. The van der Waals surface area contributed by atoms with E-state index < -0.39 is 11.7 Å². The highest BCUT2D eigenvalue weighted by Gasteiger charge is 2.14. The van der Waals surface area contributed by atoms with Crippen LogP contribution < -0.4 is 5.32 Å². The zero-order chi connectivity index (χ0) is 12.1. The van der Waals surface area contributed by atoms with E-state index in [4.69, 9.17) is 5.11 Å². The zero-order valence-corrected chi connectivity index (χ0v) is 10.4. The molecule has 0 bridgehead atoms. The minimum atomic E-state index is -0.558. The van der Waals surface area contributed by atoms with Gasteiger partial charge in [-0.2, -0.15) is 0 Å². The Morgan fingerprint density at radius 3 is 2.94 bits per heavy atom. The lowest BCUT2D eigenvalue weighted by Gasteiger charge is -2.12. The summed E-state index contributed by atoms with van der Waals surface area (Å²) in [6.07, 6.45) is 0.446. The molecule has 2 N–H and O–H groups in total. The number of hydrogen-bond acceptors (Lipinski definition) is 2. The van der Waals surface area contributed by atoms with Gasteiger partial charge in [0.1, 0.15) is 5.82 Å². The molecule has 16 heavy (non-hydrogen) atoms. The largest absolute Gasteiger partial charge is 0.396 e. The van der Waals surface area contributed by atoms with Gasteiger partial charge in [-0.25, -0.2) is 4.39 Å². The van der Waals surface area contributed by atoms with Crippen LogP contribution in [0, 0.1) is 5.82 Å². The molecule has 0 heterocycles. The third kappa shape index (κ3) is 3.57. The van der Waals surface area contributed by atoms with Crippen molar-refractivity contribution in [3.8, 4) is 0 Å². The van der Waals surface area contributed by atoms with Gasteiger partial charge in [0.25, 0.3) is 5.91 Å². The average Bonchev–Trinajstić information content (AvgIpc) is 2.21. The number of carbonyl (C=O) groups excluding carboxylic acids is 1. The van der Waals surface area contributed by atoms with Crippen molar-refractivity contribution in [3.05, 3.63) is 34.1 Å². The van der Waals surface area contributed by atoms with E-state index >= 15 is 0 Å². The van der Waals surface area contributed by atoms with Gasteiger partial charge >= 0.3 is 0 Å². The van der Waals surface area contributed by atoms with E-state index in [0.717, 1.165) is 0 Å². The van der Waals surface area contributed by atoms with E-state index in [2.05, 4.69) is 21.2 Å². The van der Waals surface area contributed by atoms with Crippen LogP contribution in [0.2, 0.25) is 0 Å². The van der Waals surface area contributed by atoms with Gasteiger partial charge in [-0.05, 0) is 31.5 Å². The molecule has 0 radical (unpaired) electrons. The molecule has 0 spiro atoms. The van der Waals surface area contributed by atoms with Gasteiger partial charge in [0.2, 0.25) is 0 Å². The highest BCUT2D eigenvalue weighted by Crippen LogP contribution is 2.15. The van der Waals surface area contributed by atoms with E-state index in [-0.39, 0.29) is 18.2 Å². The molecule has 1 rings (SSSR count). The quantitative estimate of drug-likeness (QED) is 0.892. The summed E-state index contributed by atoms with van der Waals surface area (Å²) in [7, 11) is 0. The Bertz CT molecular complexity index is 384. The minimum absolute atomic E-state index is 0.000773. The molecule has 0 aliphatic heterocycles. The summed E-state index contributed by atoms with van der Waals surface area (Å²) in [6.45, 7) is 1.74. The smallest absolute Gasteiger partial charge is 0.254 e. The third-order valence-electron chi connectivity index (χ3n) is 2.11. The van der Waals surface area contributed by atoms with Gasteiger partial charge in [0.15, 0.2) is 0 Å². The van der Waals surface area contributed by atoms with Crippen molar-refractivity contribution in [2.75, 3.05) is 6.61 Å². The molecular weight excluding hydrogens is 277 g/mol. The highest BCUT2D eigenvalue weighted by molar-refractivity contribution is 9.10. The fourth-order valence-electron chi connectivity index (χ4n) is 1.24. The average molecular weight is 290 g/mol. The lowest BCUT2D eigenvalue weighted by molar-refractivity contribution is 0.0930. The minimum Gasteiger partial charge on any atom is -0.396 e. The predicted octanol–water partition coefficient (Wildman–Crippen LogP) is 2.09. The summed E-state index contributed by atoms with van der Waals surface area (Å²) < 4.78 is 14.0. The third-order valence-corrected chi connectivity index (χ3v) is 2.61. The first kappa shape index (κ1) is 13.1. The second-order valence-electron chi connectivity index (χ2n) is 3.51. The van der Waals surface area contributed by atoms with E-state index in [1.54, 1.807) is 6.92 Å². The number of hydrogen-bond donors (Lipinski definition) is 2. The molecule has 0 aliphatic carbocycles. The summed E-state index contributed by atoms with van der Waals surface area (Å²) in [5.41, 5.74) is -0.000773. The van der Waals surface area contributed by atoms with Crippen molar-refractivity contribution in [3.63, 3.8) is 0 Å². The van der Waals surface area contributed by atoms with Crippen LogP contribution in [-0.4, -0.2) is 23.7 Å². The normalized spacial score (nSPS) is 12.2. The number of halogens is 2. The fraction of sp³-hybridized carbons (Fsp3) is 0.364. The Morgan fingerprint density at radius 2 is 2.31 bits per heavy atom. The number of nitrogens with one attached hydrogen (secondary N) is 1. The summed E-state index contributed by atoms with van der Waals surface area (Å²) in [4.78, 5) is 11.6. The second-order valence-corrected chi connectivity index (χ2v) is 4.43. The van der Waals surface area contributed by atoms with E-state index in [1.807, 2.05) is 0 Å². The standard InChI is InChI=1S/C11H13BrFNO2/c1-7(4-5-15)14-11(16)9-6-8(12)2-3-10(9)13/h2-3,6-7,15H,4-5H2,1H3,(H,14,16)/t7-/m1/s1. The van der Waals surface area contributed by atoms with Crippen LogP contribution in [0.4, 0.5) is 4.39 Å². The van der Waals surface area contributed by atoms with Crippen molar-refractivity contribution in [2.24, 2.45) is 0 Å². The van der Waals surface area contributed by atoms with Gasteiger partial charge in [-0.15, -0.1) is 0 Å². The number of aliphatic hydroxyl groups excluding tert-OH is 1.